The van der Waals surface area contributed by atoms with E-state index < -0.39 is 0 Å². The monoisotopic (exact) mass is 204 g/mol. The molecule has 2 rings (SSSR count). The summed E-state index contributed by atoms with van der Waals surface area (Å²) in [4.78, 5) is 4.35. The molecular formula is C12H16N2O. The van der Waals surface area contributed by atoms with Gasteiger partial charge in [0.15, 0.2) is 0 Å². The largest absolute Gasteiger partial charge is 0.392 e. The molecule has 3 nitrogen and oxygen atoms in total. The fourth-order valence-electron chi connectivity index (χ4n) is 1.85. The van der Waals surface area contributed by atoms with Gasteiger partial charge in [0.2, 0.25) is 0 Å². The van der Waals surface area contributed by atoms with E-state index in [0.29, 0.717) is 5.92 Å². The standard InChI is InChI=1S/C12H16N2O/c1-9(2)6-14-7-10(8-15)11-4-3-5-13-12(11)14/h3-5,7,9,15H,6,8H2,1-2H3. The normalized spacial score (nSPS) is 11.5. The van der Waals surface area contributed by atoms with Gasteiger partial charge >= 0.3 is 0 Å². The Labute approximate surface area is 89.4 Å². The minimum absolute atomic E-state index is 0.0767. The molecule has 15 heavy (non-hydrogen) atoms. The summed E-state index contributed by atoms with van der Waals surface area (Å²) in [5.74, 6) is 0.578. The van der Waals surface area contributed by atoms with E-state index in [9.17, 15) is 5.11 Å². The molecule has 0 saturated carbocycles. The number of hydrogen-bond donors (Lipinski definition) is 1. The fraction of sp³-hybridized carbons (Fsp3) is 0.417. The molecule has 2 aromatic heterocycles. The van der Waals surface area contributed by atoms with Crippen LogP contribution < -0.4 is 0 Å². The summed E-state index contributed by atoms with van der Waals surface area (Å²) in [6, 6.07) is 3.91. The zero-order valence-corrected chi connectivity index (χ0v) is 9.14. The first kappa shape index (κ1) is 10.2. The summed E-state index contributed by atoms with van der Waals surface area (Å²) in [6.45, 7) is 5.36. The van der Waals surface area contributed by atoms with E-state index in [1.54, 1.807) is 6.20 Å². The number of pyridine rings is 1. The van der Waals surface area contributed by atoms with Crippen molar-refractivity contribution in [2.24, 2.45) is 5.92 Å². The summed E-state index contributed by atoms with van der Waals surface area (Å²) in [7, 11) is 0. The average molecular weight is 204 g/mol. The second kappa shape index (κ2) is 4.03. The van der Waals surface area contributed by atoms with Crippen LogP contribution in [-0.2, 0) is 13.2 Å². The second-order valence-corrected chi connectivity index (χ2v) is 4.23. The first-order chi connectivity index (χ1) is 7.22. The molecule has 2 heterocycles. The number of fused-ring (bicyclic) bond motifs is 1. The lowest BCUT2D eigenvalue weighted by Gasteiger charge is -2.06. The van der Waals surface area contributed by atoms with Gasteiger partial charge in [0.25, 0.3) is 0 Å². The van der Waals surface area contributed by atoms with Crippen molar-refractivity contribution in [2.75, 3.05) is 0 Å². The molecule has 0 fully saturated rings. The van der Waals surface area contributed by atoms with Gasteiger partial charge in [0.05, 0.1) is 6.61 Å². The van der Waals surface area contributed by atoms with Crippen molar-refractivity contribution in [3.8, 4) is 0 Å². The van der Waals surface area contributed by atoms with Crippen molar-refractivity contribution in [2.45, 2.75) is 27.0 Å². The molecule has 0 radical (unpaired) electrons. The van der Waals surface area contributed by atoms with Gasteiger partial charge in [-0.2, -0.15) is 0 Å². The molecule has 0 atom stereocenters. The SMILES string of the molecule is CC(C)Cn1cc(CO)c2cccnc21. The van der Waals surface area contributed by atoms with Gasteiger partial charge < -0.3 is 9.67 Å². The van der Waals surface area contributed by atoms with E-state index >= 15 is 0 Å². The fourth-order valence-corrected chi connectivity index (χ4v) is 1.85. The zero-order valence-electron chi connectivity index (χ0n) is 9.14. The first-order valence-corrected chi connectivity index (χ1v) is 5.26. The highest BCUT2D eigenvalue weighted by Crippen LogP contribution is 2.20. The Bertz CT molecular complexity index is 460. The Kier molecular flexibility index (Phi) is 2.73. The van der Waals surface area contributed by atoms with Crippen molar-refractivity contribution in [3.63, 3.8) is 0 Å². The number of aliphatic hydroxyl groups is 1. The maximum Gasteiger partial charge on any atom is 0.140 e. The van der Waals surface area contributed by atoms with E-state index in [1.165, 1.54) is 0 Å². The molecule has 0 aliphatic heterocycles. The van der Waals surface area contributed by atoms with Crippen molar-refractivity contribution in [3.05, 3.63) is 30.1 Å². The lowest BCUT2D eigenvalue weighted by molar-refractivity contribution is 0.283. The van der Waals surface area contributed by atoms with E-state index in [1.807, 2.05) is 18.3 Å². The van der Waals surface area contributed by atoms with Crippen molar-refractivity contribution < 1.29 is 5.11 Å². The van der Waals surface area contributed by atoms with Crippen LogP contribution in [0.3, 0.4) is 0 Å². The molecule has 0 amide bonds. The Morgan fingerprint density at radius 1 is 1.47 bits per heavy atom. The van der Waals surface area contributed by atoms with Crippen LogP contribution in [0.15, 0.2) is 24.5 Å². The van der Waals surface area contributed by atoms with E-state index in [4.69, 9.17) is 0 Å². The lowest BCUT2D eigenvalue weighted by Crippen LogP contribution is -2.03. The highest BCUT2D eigenvalue weighted by molar-refractivity contribution is 5.80. The predicted octanol–water partition coefficient (Wildman–Crippen LogP) is 2.18. The molecule has 0 unspecified atom stereocenters. The topological polar surface area (TPSA) is 38.0 Å². The first-order valence-electron chi connectivity index (χ1n) is 5.26. The molecular weight excluding hydrogens is 188 g/mol. The van der Waals surface area contributed by atoms with Crippen LogP contribution >= 0.6 is 0 Å². The predicted molar refractivity (Wildman–Crippen MR) is 60.5 cm³/mol. The number of rotatable bonds is 3. The molecule has 1 N–H and O–H groups in total. The van der Waals surface area contributed by atoms with Crippen LogP contribution in [0.25, 0.3) is 11.0 Å². The minimum atomic E-state index is 0.0767. The average Bonchev–Trinajstić information content (AvgIpc) is 2.56. The smallest absolute Gasteiger partial charge is 0.140 e. The van der Waals surface area contributed by atoms with Gasteiger partial charge in [-0.3, -0.25) is 0 Å². The summed E-state index contributed by atoms with van der Waals surface area (Å²) in [5, 5.41) is 10.3. The third kappa shape index (κ3) is 1.88. The third-order valence-electron chi connectivity index (χ3n) is 2.45. The van der Waals surface area contributed by atoms with Crippen LogP contribution in [0.1, 0.15) is 19.4 Å². The quantitative estimate of drug-likeness (QED) is 0.832. The summed E-state index contributed by atoms with van der Waals surface area (Å²) < 4.78 is 2.12. The number of hydrogen-bond acceptors (Lipinski definition) is 2. The summed E-state index contributed by atoms with van der Waals surface area (Å²) in [6.07, 6.45) is 3.79. The van der Waals surface area contributed by atoms with Crippen LogP contribution in [0, 0.1) is 5.92 Å². The lowest BCUT2D eigenvalue weighted by atomic mass is 10.2. The third-order valence-corrected chi connectivity index (χ3v) is 2.45. The Morgan fingerprint density at radius 2 is 2.27 bits per heavy atom. The summed E-state index contributed by atoms with van der Waals surface area (Å²) in [5.41, 5.74) is 1.93. The van der Waals surface area contributed by atoms with Crippen LogP contribution in [0.4, 0.5) is 0 Å². The van der Waals surface area contributed by atoms with Gasteiger partial charge in [-0.15, -0.1) is 0 Å². The molecule has 0 saturated heterocycles. The van der Waals surface area contributed by atoms with Gasteiger partial charge in [-0.1, -0.05) is 13.8 Å². The highest BCUT2D eigenvalue weighted by Gasteiger charge is 2.08. The molecule has 0 aromatic carbocycles. The molecule has 80 valence electrons. The molecule has 0 spiro atoms. The van der Waals surface area contributed by atoms with Gasteiger partial charge in [-0.25, -0.2) is 4.98 Å². The molecule has 0 aliphatic carbocycles. The van der Waals surface area contributed by atoms with Crippen LogP contribution in [0.5, 0.6) is 0 Å². The zero-order chi connectivity index (χ0) is 10.8. The van der Waals surface area contributed by atoms with Crippen LogP contribution in [-0.4, -0.2) is 14.7 Å². The maximum atomic E-state index is 9.24. The van der Waals surface area contributed by atoms with Crippen molar-refractivity contribution in [1.82, 2.24) is 9.55 Å². The number of aliphatic hydroxyl groups excluding tert-OH is 1. The van der Waals surface area contributed by atoms with E-state index in [2.05, 4.69) is 23.4 Å². The van der Waals surface area contributed by atoms with E-state index in [-0.39, 0.29) is 6.61 Å². The minimum Gasteiger partial charge on any atom is -0.392 e. The Morgan fingerprint density at radius 3 is 2.93 bits per heavy atom. The Balaban J connectivity index is 2.55. The summed E-state index contributed by atoms with van der Waals surface area (Å²) >= 11 is 0. The van der Waals surface area contributed by atoms with Gasteiger partial charge in [0, 0.05) is 29.9 Å². The van der Waals surface area contributed by atoms with Crippen LogP contribution in [0.2, 0.25) is 0 Å². The second-order valence-electron chi connectivity index (χ2n) is 4.23. The molecule has 2 aromatic rings. The molecule has 0 aliphatic rings. The maximum absolute atomic E-state index is 9.24. The highest BCUT2D eigenvalue weighted by atomic mass is 16.3. The van der Waals surface area contributed by atoms with Crippen molar-refractivity contribution >= 4 is 11.0 Å². The van der Waals surface area contributed by atoms with Gasteiger partial charge in [0.1, 0.15) is 5.65 Å². The molecule has 0 bridgehead atoms. The molecule has 3 heteroatoms. The number of aromatic nitrogens is 2. The van der Waals surface area contributed by atoms with Crippen molar-refractivity contribution in [1.29, 1.82) is 0 Å². The number of nitrogens with zero attached hydrogens (tertiary/aromatic N) is 2. The van der Waals surface area contributed by atoms with Gasteiger partial charge in [-0.05, 0) is 18.1 Å². The Hall–Kier alpha value is -1.35. The van der Waals surface area contributed by atoms with E-state index in [0.717, 1.165) is 23.1 Å².